The zero-order valence-corrected chi connectivity index (χ0v) is 24.7. The Hall–Kier alpha value is -2.35. The van der Waals surface area contributed by atoms with Crippen molar-refractivity contribution in [2.75, 3.05) is 0 Å². The Morgan fingerprint density at radius 1 is 0.757 bits per heavy atom. The van der Waals surface area contributed by atoms with Gasteiger partial charge in [0, 0.05) is 0 Å². The molecule has 0 fully saturated rings. The summed E-state index contributed by atoms with van der Waals surface area (Å²) in [6.07, 6.45) is 14.3. The number of aromatic hydroxyl groups is 1. The van der Waals surface area contributed by atoms with Gasteiger partial charge in [-0.3, -0.25) is 4.79 Å². The zero-order valence-electron chi connectivity index (χ0n) is 24.7. The number of allylic oxidation sites excluding steroid dienone is 1. The molecule has 3 atom stereocenters. The Labute approximate surface area is 227 Å². The second kappa shape index (κ2) is 15.8. The van der Waals surface area contributed by atoms with Gasteiger partial charge in [-0.05, 0) is 103 Å². The van der Waals surface area contributed by atoms with Crippen molar-refractivity contribution in [3.8, 4) is 5.75 Å². The van der Waals surface area contributed by atoms with Crippen molar-refractivity contribution < 1.29 is 9.90 Å². The lowest BCUT2D eigenvalue weighted by molar-refractivity contribution is 0.104. The predicted octanol–water partition coefficient (Wildman–Crippen LogP) is 10.7. The summed E-state index contributed by atoms with van der Waals surface area (Å²) in [5.74, 6) is 1.26. The molecule has 1 N–H and O–H groups in total. The Morgan fingerprint density at radius 3 is 1.86 bits per heavy atom. The number of carbonyl (C=O) groups is 1. The predicted molar refractivity (Wildman–Crippen MR) is 161 cm³/mol. The lowest BCUT2D eigenvalue weighted by atomic mass is 9.83. The number of rotatable bonds is 16. The number of hydrogen-bond acceptors (Lipinski definition) is 2. The minimum Gasteiger partial charge on any atom is -0.507 e. The molecule has 2 heteroatoms. The summed E-state index contributed by atoms with van der Waals surface area (Å²) < 4.78 is 0. The van der Waals surface area contributed by atoms with Crippen molar-refractivity contribution in [3.63, 3.8) is 0 Å². The van der Waals surface area contributed by atoms with Crippen LogP contribution in [0.5, 0.6) is 5.75 Å². The van der Waals surface area contributed by atoms with E-state index < -0.39 is 0 Å². The van der Waals surface area contributed by atoms with Gasteiger partial charge in [-0.1, -0.05) is 98.1 Å². The normalized spacial score (nSPS) is 14.1. The monoisotopic (exact) mass is 504 g/mol. The van der Waals surface area contributed by atoms with Crippen molar-refractivity contribution in [1.82, 2.24) is 0 Å². The second-order valence-corrected chi connectivity index (χ2v) is 10.7. The number of ketones is 1. The fourth-order valence-electron chi connectivity index (χ4n) is 5.84. The number of benzene rings is 2. The topological polar surface area (TPSA) is 37.3 Å². The van der Waals surface area contributed by atoms with Gasteiger partial charge in [-0.2, -0.15) is 0 Å². The van der Waals surface area contributed by atoms with Crippen LogP contribution in [-0.4, -0.2) is 10.9 Å². The standard InChI is InChI=1S/C35H52O2/c1-8-15-26(12-5)30-23-32(28(14-7)17-10-3)35(37)33(24-30)34(36)21-19-29-22-25(11-4)18-20-31(29)27(13-6)16-9-2/h18-24,26-28,37H,8-17H2,1-7H3/b21-19+. The minimum absolute atomic E-state index is 0.102. The Morgan fingerprint density at radius 2 is 1.32 bits per heavy atom. The molecule has 0 aromatic heterocycles. The largest absolute Gasteiger partial charge is 0.507 e. The summed E-state index contributed by atoms with van der Waals surface area (Å²) >= 11 is 0. The first-order chi connectivity index (χ1) is 17.9. The third-order valence-corrected chi connectivity index (χ3v) is 8.14. The van der Waals surface area contributed by atoms with Crippen molar-refractivity contribution >= 4 is 11.9 Å². The van der Waals surface area contributed by atoms with E-state index in [0.717, 1.165) is 75.3 Å². The van der Waals surface area contributed by atoms with Gasteiger partial charge in [0.25, 0.3) is 0 Å². The highest BCUT2D eigenvalue weighted by Gasteiger charge is 2.22. The molecule has 0 saturated carbocycles. The summed E-state index contributed by atoms with van der Waals surface area (Å²) in [6.45, 7) is 15.5. The summed E-state index contributed by atoms with van der Waals surface area (Å²) in [5.41, 5.74) is 6.36. The second-order valence-electron chi connectivity index (χ2n) is 10.7. The molecule has 0 aliphatic rings. The first-order valence-corrected chi connectivity index (χ1v) is 15.1. The Kier molecular flexibility index (Phi) is 13.2. The average Bonchev–Trinajstić information content (AvgIpc) is 2.92. The van der Waals surface area contributed by atoms with Gasteiger partial charge in [0.2, 0.25) is 0 Å². The van der Waals surface area contributed by atoms with Crippen molar-refractivity contribution in [2.45, 2.75) is 130 Å². The van der Waals surface area contributed by atoms with E-state index in [1.165, 1.54) is 16.7 Å². The highest BCUT2D eigenvalue weighted by Crippen LogP contribution is 2.39. The van der Waals surface area contributed by atoms with Crippen molar-refractivity contribution in [2.24, 2.45) is 0 Å². The van der Waals surface area contributed by atoms with Crippen LogP contribution in [0, 0.1) is 0 Å². The molecule has 0 radical (unpaired) electrons. The molecular weight excluding hydrogens is 452 g/mol. The SMILES string of the molecule is CCCC(CC)c1cc(C(=O)/C=C/c2cc(CC)ccc2C(CC)CCC)c(O)c(C(CC)CCC)c1. The third-order valence-electron chi connectivity index (χ3n) is 8.14. The fraction of sp³-hybridized carbons (Fsp3) is 0.571. The van der Waals surface area contributed by atoms with Crippen molar-refractivity contribution in [3.05, 3.63) is 69.8 Å². The number of phenolic OH excluding ortho intramolecular Hbond substituents is 1. The van der Waals surface area contributed by atoms with Crippen LogP contribution in [0.2, 0.25) is 0 Å². The quantitative estimate of drug-likeness (QED) is 0.182. The van der Waals surface area contributed by atoms with E-state index in [1.54, 1.807) is 6.08 Å². The van der Waals surface area contributed by atoms with E-state index in [2.05, 4.69) is 72.7 Å². The van der Waals surface area contributed by atoms with E-state index in [9.17, 15) is 9.90 Å². The molecule has 2 aromatic rings. The summed E-state index contributed by atoms with van der Waals surface area (Å²) in [4.78, 5) is 13.7. The molecule has 0 bridgehead atoms. The molecule has 0 saturated heterocycles. The highest BCUT2D eigenvalue weighted by atomic mass is 16.3. The summed E-state index contributed by atoms with van der Waals surface area (Å²) in [5, 5.41) is 11.4. The molecule has 3 unspecified atom stereocenters. The van der Waals surface area contributed by atoms with Crippen LogP contribution in [0.4, 0.5) is 0 Å². The highest BCUT2D eigenvalue weighted by molar-refractivity contribution is 6.09. The first-order valence-electron chi connectivity index (χ1n) is 15.1. The van der Waals surface area contributed by atoms with E-state index in [0.29, 0.717) is 17.4 Å². The van der Waals surface area contributed by atoms with Gasteiger partial charge >= 0.3 is 0 Å². The molecule has 2 aromatic carbocycles. The van der Waals surface area contributed by atoms with E-state index >= 15 is 0 Å². The van der Waals surface area contributed by atoms with Crippen molar-refractivity contribution in [1.29, 1.82) is 0 Å². The van der Waals surface area contributed by atoms with Crippen LogP contribution in [-0.2, 0) is 6.42 Å². The number of carbonyl (C=O) groups excluding carboxylic acids is 1. The van der Waals surface area contributed by atoms with Gasteiger partial charge in [0.1, 0.15) is 5.75 Å². The molecule has 0 heterocycles. The smallest absolute Gasteiger partial charge is 0.189 e. The maximum atomic E-state index is 13.7. The molecule has 2 nitrogen and oxygen atoms in total. The average molecular weight is 505 g/mol. The van der Waals surface area contributed by atoms with Gasteiger partial charge < -0.3 is 5.11 Å². The molecule has 204 valence electrons. The minimum atomic E-state index is -0.102. The molecular formula is C35H52O2. The van der Waals surface area contributed by atoms with Crippen LogP contribution >= 0.6 is 0 Å². The van der Waals surface area contributed by atoms with E-state index in [-0.39, 0.29) is 17.5 Å². The number of phenols is 1. The number of aryl methyl sites for hydroxylation is 1. The Balaban J connectivity index is 2.59. The molecule has 0 amide bonds. The third kappa shape index (κ3) is 8.06. The van der Waals surface area contributed by atoms with E-state index in [4.69, 9.17) is 0 Å². The van der Waals surface area contributed by atoms with E-state index in [1.807, 2.05) is 12.1 Å². The Bertz CT molecular complexity index is 1020. The molecule has 37 heavy (non-hydrogen) atoms. The maximum Gasteiger partial charge on any atom is 0.189 e. The lowest BCUT2D eigenvalue weighted by Crippen LogP contribution is -2.07. The molecule has 0 spiro atoms. The zero-order chi connectivity index (χ0) is 27.4. The van der Waals surface area contributed by atoms with Crippen LogP contribution < -0.4 is 0 Å². The van der Waals surface area contributed by atoms with Crippen LogP contribution in [0.25, 0.3) is 6.08 Å². The van der Waals surface area contributed by atoms with Crippen LogP contribution in [0.3, 0.4) is 0 Å². The van der Waals surface area contributed by atoms with Gasteiger partial charge in [-0.15, -0.1) is 0 Å². The molecule has 0 aliphatic carbocycles. The van der Waals surface area contributed by atoms with Gasteiger partial charge in [-0.25, -0.2) is 0 Å². The molecule has 2 rings (SSSR count). The number of hydrogen-bond donors (Lipinski definition) is 1. The summed E-state index contributed by atoms with van der Waals surface area (Å²) in [6, 6.07) is 10.9. The van der Waals surface area contributed by atoms with Gasteiger partial charge in [0.15, 0.2) is 5.78 Å². The first kappa shape index (κ1) is 30.9. The van der Waals surface area contributed by atoms with Crippen LogP contribution in [0.15, 0.2) is 36.4 Å². The van der Waals surface area contributed by atoms with Gasteiger partial charge in [0.05, 0.1) is 5.56 Å². The van der Waals surface area contributed by atoms with Crippen LogP contribution in [0.1, 0.15) is 162 Å². The molecule has 0 aliphatic heterocycles. The fourth-order valence-corrected chi connectivity index (χ4v) is 5.84. The lowest BCUT2D eigenvalue weighted by Gasteiger charge is -2.22. The maximum absolute atomic E-state index is 13.7. The summed E-state index contributed by atoms with van der Waals surface area (Å²) in [7, 11) is 0.